The molecule has 3 rings (SSSR count). The van der Waals surface area contributed by atoms with Gasteiger partial charge in [0, 0.05) is 17.4 Å². The van der Waals surface area contributed by atoms with Crippen molar-refractivity contribution in [2.45, 2.75) is 13.1 Å². The molecule has 0 aliphatic heterocycles. The highest BCUT2D eigenvalue weighted by Crippen LogP contribution is 2.22. The molecule has 6 nitrogen and oxygen atoms in total. The molecule has 0 aliphatic rings. The number of benzene rings is 1. The third kappa shape index (κ3) is 4.25. The fourth-order valence-corrected chi connectivity index (χ4v) is 3.05. The van der Waals surface area contributed by atoms with Gasteiger partial charge in [-0.1, -0.05) is 29.8 Å². The van der Waals surface area contributed by atoms with E-state index < -0.39 is 0 Å². The maximum Gasteiger partial charge on any atom is 0.247 e. The van der Waals surface area contributed by atoms with Gasteiger partial charge in [0.1, 0.15) is 6.54 Å². The molecule has 0 bridgehead atoms. The Hall–Kier alpha value is -1.64. The predicted molar refractivity (Wildman–Crippen MR) is 99.0 cm³/mol. The number of nitrogens with zero attached hydrogens (tertiary/aromatic N) is 4. The minimum absolute atomic E-state index is 0.107. The molecule has 0 unspecified atom stereocenters. The molecular formula is C15H12Br2ClN5O. The van der Waals surface area contributed by atoms with Gasteiger partial charge in [0.15, 0.2) is 5.82 Å². The summed E-state index contributed by atoms with van der Waals surface area (Å²) in [6.07, 6.45) is 5.15. The first-order chi connectivity index (χ1) is 11.5. The van der Waals surface area contributed by atoms with Crippen LogP contribution in [0.2, 0.25) is 5.02 Å². The van der Waals surface area contributed by atoms with Crippen molar-refractivity contribution in [1.82, 2.24) is 19.6 Å². The van der Waals surface area contributed by atoms with Crippen molar-refractivity contribution in [2.24, 2.45) is 0 Å². The van der Waals surface area contributed by atoms with Gasteiger partial charge >= 0.3 is 0 Å². The molecule has 0 saturated heterocycles. The Kier molecular flexibility index (Phi) is 5.37. The van der Waals surface area contributed by atoms with Crippen LogP contribution >= 0.6 is 43.5 Å². The van der Waals surface area contributed by atoms with Crippen LogP contribution in [0.1, 0.15) is 5.56 Å². The summed E-state index contributed by atoms with van der Waals surface area (Å²) in [5.74, 6) is 0.243. The smallest absolute Gasteiger partial charge is 0.247 e. The molecule has 1 amide bonds. The van der Waals surface area contributed by atoms with E-state index in [0.29, 0.717) is 21.9 Å². The minimum Gasteiger partial charge on any atom is -0.307 e. The van der Waals surface area contributed by atoms with Gasteiger partial charge in [-0.3, -0.25) is 14.2 Å². The first-order valence-electron chi connectivity index (χ1n) is 6.95. The number of carbonyl (C=O) groups is 1. The molecule has 0 aliphatic carbocycles. The lowest BCUT2D eigenvalue weighted by molar-refractivity contribution is -0.116. The van der Waals surface area contributed by atoms with Crippen molar-refractivity contribution in [3.8, 4) is 0 Å². The van der Waals surface area contributed by atoms with Crippen molar-refractivity contribution in [1.29, 1.82) is 0 Å². The summed E-state index contributed by atoms with van der Waals surface area (Å²) in [6, 6.07) is 7.57. The van der Waals surface area contributed by atoms with E-state index in [1.54, 1.807) is 23.3 Å². The molecule has 24 heavy (non-hydrogen) atoms. The lowest BCUT2D eigenvalue weighted by Gasteiger charge is -2.04. The van der Waals surface area contributed by atoms with E-state index in [0.717, 1.165) is 10.0 Å². The van der Waals surface area contributed by atoms with E-state index >= 15 is 0 Å². The predicted octanol–water partition coefficient (Wildman–Crippen LogP) is 3.95. The van der Waals surface area contributed by atoms with Crippen molar-refractivity contribution in [3.63, 3.8) is 0 Å². The Morgan fingerprint density at radius 1 is 1.21 bits per heavy atom. The molecule has 124 valence electrons. The zero-order chi connectivity index (χ0) is 17.1. The van der Waals surface area contributed by atoms with Crippen LogP contribution in [0.15, 0.2) is 51.8 Å². The summed E-state index contributed by atoms with van der Waals surface area (Å²) in [5, 5.41) is 11.9. The van der Waals surface area contributed by atoms with Gasteiger partial charge in [0.05, 0.1) is 21.7 Å². The van der Waals surface area contributed by atoms with Crippen molar-refractivity contribution in [2.75, 3.05) is 5.32 Å². The van der Waals surface area contributed by atoms with Gasteiger partial charge in [-0.05, 0) is 43.5 Å². The molecule has 1 aromatic carbocycles. The topological polar surface area (TPSA) is 64.7 Å². The van der Waals surface area contributed by atoms with E-state index in [9.17, 15) is 4.79 Å². The molecule has 0 radical (unpaired) electrons. The third-order valence-corrected chi connectivity index (χ3v) is 4.53. The van der Waals surface area contributed by atoms with Gasteiger partial charge in [-0.2, -0.15) is 10.2 Å². The third-order valence-electron chi connectivity index (χ3n) is 3.17. The lowest BCUT2D eigenvalue weighted by atomic mass is 10.2. The zero-order valence-corrected chi connectivity index (χ0v) is 16.2. The average molecular weight is 474 g/mol. The van der Waals surface area contributed by atoms with Gasteiger partial charge < -0.3 is 5.32 Å². The maximum absolute atomic E-state index is 12.1. The highest BCUT2D eigenvalue weighted by molar-refractivity contribution is 9.10. The van der Waals surface area contributed by atoms with E-state index in [4.69, 9.17) is 11.6 Å². The second-order valence-corrected chi connectivity index (χ2v) is 7.20. The zero-order valence-electron chi connectivity index (χ0n) is 12.3. The monoisotopic (exact) mass is 471 g/mol. The fraction of sp³-hybridized carbons (Fsp3) is 0.133. The van der Waals surface area contributed by atoms with Crippen LogP contribution in [0.25, 0.3) is 0 Å². The normalized spacial score (nSPS) is 10.8. The summed E-state index contributed by atoms with van der Waals surface area (Å²) < 4.78 is 4.77. The fourth-order valence-electron chi connectivity index (χ4n) is 2.11. The highest BCUT2D eigenvalue weighted by Gasteiger charge is 2.12. The Morgan fingerprint density at radius 2 is 2.00 bits per heavy atom. The molecule has 9 heteroatoms. The molecule has 0 saturated carbocycles. The number of carbonyl (C=O) groups excluding carboxylic acids is 1. The van der Waals surface area contributed by atoms with Crippen LogP contribution in [-0.4, -0.2) is 25.5 Å². The average Bonchev–Trinajstić information content (AvgIpc) is 3.08. The summed E-state index contributed by atoms with van der Waals surface area (Å²) in [7, 11) is 0. The number of halogens is 3. The largest absolute Gasteiger partial charge is 0.307 e. The van der Waals surface area contributed by atoms with E-state index in [2.05, 4.69) is 47.4 Å². The van der Waals surface area contributed by atoms with E-state index in [1.165, 1.54) is 4.68 Å². The minimum atomic E-state index is -0.214. The van der Waals surface area contributed by atoms with Crippen LogP contribution in [-0.2, 0) is 17.9 Å². The Balaban J connectivity index is 1.67. The Bertz CT molecular complexity index is 876. The molecule has 0 atom stereocenters. The summed E-state index contributed by atoms with van der Waals surface area (Å²) in [4.78, 5) is 12.1. The van der Waals surface area contributed by atoms with Gasteiger partial charge in [-0.25, -0.2) is 0 Å². The van der Waals surface area contributed by atoms with Gasteiger partial charge in [-0.15, -0.1) is 0 Å². The van der Waals surface area contributed by atoms with E-state index in [1.807, 2.05) is 24.3 Å². The quantitative estimate of drug-likeness (QED) is 0.611. The molecule has 0 spiro atoms. The molecule has 2 heterocycles. The molecule has 2 aromatic heterocycles. The van der Waals surface area contributed by atoms with Crippen molar-refractivity contribution in [3.05, 3.63) is 62.4 Å². The van der Waals surface area contributed by atoms with E-state index in [-0.39, 0.29) is 12.5 Å². The Morgan fingerprint density at radius 3 is 2.71 bits per heavy atom. The van der Waals surface area contributed by atoms with Crippen molar-refractivity contribution >= 4 is 55.2 Å². The number of aromatic nitrogens is 4. The SMILES string of the molecule is O=C(Cn1cc(Br)cn1)Nc1nn(Cc2ccccc2Cl)cc1Br. The van der Waals surface area contributed by atoms with Gasteiger partial charge in [0.2, 0.25) is 5.91 Å². The molecule has 3 aromatic rings. The number of rotatable bonds is 5. The number of anilines is 1. The summed E-state index contributed by atoms with van der Waals surface area (Å²) in [5.41, 5.74) is 0.952. The number of hydrogen-bond donors (Lipinski definition) is 1. The van der Waals surface area contributed by atoms with Crippen LogP contribution in [0.4, 0.5) is 5.82 Å². The Labute approximate surface area is 160 Å². The van der Waals surface area contributed by atoms with Crippen LogP contribution in [0.5, 0.6) is 0 Å². The molecule has 0 fully saturated rings. The molecule has 1 N–H and O–H groups in total. The second kappa shape index (κ2) is 7.50. The highest BCUT2D eigenvalue weighted by atomic mass is 79.9. The standard InChI is InChI=1S/C15H12Br2ClN5O/c16-11-5-19-22(7-11)9-14(24)20-15-12(17)8-23(21-15)6-10-3-1-2-4-13(10)18/h1-5,7-8H,6,9H2,(H,20,21,24). The molecular weight excluding hydrogens is 461 g/mol. The van der Waals surface area contributed by atoms with Crippen LogP contribution in [0, 0.1) is 0 Å². The number of nitrogens with one attached hydrogen (secondary N) is 1. The van der Waals surface area contributed by atoms with Gasteiger partial charge in [0.25, 0.3) is 0 Å². The van der Waals surface area contributed by atoms with Crippen LogP contribution < -0.4 is 5.32 Å². The number of amides is 1. The lowest BCUT2D eigenvalue weighted by Crippen LogP contribution is -2.19. The summed E-state index contributed by atoms with van der Waals surface area (Å²) in [6.45, 7) is 0.621. The maximum atomic E-state index is 12.1. The second-order valence-electron chi connectivity index (χ2n) is 5.02. The number of hydrogen-bond acceptors (Lipinski definition) is 3. The summed E-state index contributed by atoms with van der Waals surface area (Å²) >= 11 is 12.9. The van der Waals surface area contributed by atoms with Crippen molar-refractivity contribution < 1.29 is 4.79 Å². The first kappa shape index (κ1) is 17.2. The first-order valence-corrected chi connectivity index (χ1v) is 8.92. The van der Waals surface area contributed by atoms with Crippen LogP contribution in [0.3, 0.4) is 0 Å².